The number of imidazole rings is 1. The van der Waals surface area contributed by atoms with Crippen molar-refractivity contribution < 1.29 is 9.53 Å². The summed E-state index contributed by atoms with van der Waals surface area (Å²) < 4.78 is 7.44. The molecule has 0 saturated heterocycles. The summed E-state index contributed by atoms with van der Waals surface area (Å²) in [6, 6.07) is 13.8. The smallest absolute Gasteiger partial charge is 0.227 e. The Morgan fingerprint density at radius 2 is 2.11 bits per heavy atom. The molecule has 1 amide bonds. The molecule has 1 aromatic heterocycles. The average Bonchev–Trinajstić information content (AvgIpc) is 3.23. The standard InChI is InChI=1S/C21H22ClN3O2/c1-27-14-20-23-17-5-2-3-6-19(17)24(20)11-4-7-21(26)25-12-10-15-13-16(22)8-9-18(15)25/h2-3,5-6,8-9,13H,4,7,10-12,14H2,1H3. The predicted octanol–water partition coefficient (Wildman–Crippen LogP) is 4.21. The van der Waals surface area contributed by atoms with Gasteiger partial charge < -0.3 is 14.2 Å². The van der Waals surface area contributed by atoms with Crippen LogP contribution in [-0.2, 0) is 29.1 Å². The van der Waals surface area contributed by atoms with Crippen molar-refractivity contribution in [2.24, 2.45) is 0 Å². The third-order valence-corrected chi connectivity index (χ3v) is 5.25. The molecule has 4 rings (SSSR count). The molecule has 2 aromatic carbocycles. The molecular weight excluding hydrogens is 362 g/mol. The normalized spacial score (nSPS) is 13.3. The van der Waals surface area contributed by atoms with Crippen LogP contribution in [0.5, 0.6) is 0 Å². The third-order valence-electron chi connectivity index (χ3n) is 5.02. The molecule has 0 spiro atoms. The van der Waals surface area contributed by atoms with Gasteiger partial charge in [-0.15, -0.1) is 0 Å². The number of amides is 1. The lowest BCUT2D eigenvalue weighted by Crippen LogP contribution is -2.28. The molecule has 0 N–H and O–H groups in total. The number of aromatic nitrogens is 2. The number of rotatable bonds is 6. The van der Waals surface area contributed by atoms with E-state index in [-0.39, 0.29) is 5.91 Å². The second kappa shape index (κ2) is 7.71. The number of aryl methyl sites for hydroxylation is 1. The number of nitrogens with zero attached hydrogens (tertiary/aromatic N) is 3. The van der Waals surface area contributed by atoms with Crippen LogP contribution in [0.15, 0.2) is 42.5 Å². The Morgan fingerprint density at radius 1 is 1.26 bits per heavy atom. The maximum Gasteiger partial charge on any atom is 0.227 e. The number of fused-ring (bicyclic) bond motifs is 2. The number of hydrogen-bond acceptors (Lipinski definition) is 3. The first kappa shape index (κ1) is 18.0. The minimum atomic E-state index is 0.161. The van der Waals surface area contributed by atoms with Crippen molar-refractivity contribution in [3.05, 3.63) is 58.9 Å². The molecule has 0 aliphatic carbocycles. The highest BCUT2D eigenvalue weighted by Crippen LogP contribution is 2.31. The Kier molecular flexibility index (Phi) is 5.14. The van der Waals surface area contributed by atoms with Crippen LogP contribution in [0.2, 0.25) is 5.02 Å². The highest BCUT2D eigenvalue weighted by Gasteiger charge is 2.24. The molecule has 0 saturated carbocycles. The minimum Gasteiger partial charge on any atom is -0.377 e. The summed E-state index contributed by atoms with van der Waals surface area (Å²) in [6.45, 7) is 1.94. The Labute approximate surface area is 163 Å². The second-order valence-electron chi connectivity index (χ2n) is 6.77. The zero-order valence-electron chi connectivity index (χ0n) is 15.3. The molecule has 0 atom stereocenters. The number of carbonyl (C=O) groups excluding carboxylic acids is 1. The fraction of sp³-hybridized carbons (Fsp3) is 0.333. The highest BCUT2D eigenvalue weighted by atomic mass is 35.5. The van der Waals surface area contributed by atoms with Crippen molar-refractivity contribution >= 4 is 34.2 Å². The summed E-state index contributed by atoms with van der Waals surface area (Å²) in [4.78, 5) is 19.3. The van der Waals surface area contributed by atoms with Crippen molar-refractivity contribution in [3.63, 3.8) is 0 Å². The van der Waals surface area contributed by atoms with Gasteiger partial charge in [0.2, 0.25) is 5.91 Å². The van der Waals surface area contributed by atoms with E-state index in [9.17, 15) is 4.79 Å². The molecule has 0 bridgehead atoms. The molecule has 6 heteroatoms. The first-order chi connectivity index (χ1) is 13.2. The molecule has 5 nitrogen and oxygen atoms in total. The molecule has 2 heterocycles. The number of benzene rings is 2. The van der Waals surface area contributed by atoms with Crippen LogP contribution in [0.1, 0.15) is 24.2 Å². The lowest BCUT2D eigenvalue weighted by atomic mass is 10.2. The van der Waals surface area contributed by atoms with E-state index < -0.39 is 0 Å². The lowest BCUT2D eigenvalue weighted by Gasteiger charge is -2.17. The maximum atomic E-state index is 12.7. The Morgan fingerprint density at radius 3 is 2.96 bits per heavy atom. The molecule has 1 aliphatic heterocycles. The van der Waals surface area contributed by atoms with Crippen molar-refractivity contribution in [1.29, 1.82) is 0 Å². The van der Waals surface area contributed by atoms with E-state index in [1.807, 2.05) is 41.3 Å². The SMILES string of the molecule is COCc1nc2ccccc2n1CCCC(=O)N1CCc2cc(Cl)ccc21. The minimum absolute atomic E-state index is 0.161. The van der Waals surface area contributed by atoms with E-state index in [4.69, 9.17) is 16.3 Å². The third kappa shape index (κ3) is 3.57. The van der Waals surface area contributed by atoms with Crippen LogP contribution in [-0.4, -0.2) is 29.1 Å². The van der Waals surface area contributed by atoms with Gasteiger partial charge in [0.05, 0.1) is 11.0 Å². The van der Waals surface area contributed by atoms with Gasteiger partial charge in [0, 0.05) is 37.3 Å². The summed E-state index contributed by atoms with van der Waals surface area (Å²) in [5.74, 6) is 1.06. The zero-order chi connectivity index (χ0) is 18.8. The van der Waals surface area contributed by atoms with Crippen LogP contribution in [0.3, 0.4) is 0 Å². The quantitative estimate of drug-likeness (QED) is 0.640. The van der Waals surface area contributed by atoms with Crippen molar-refractivity contribution in [1.82, 2.24) is 9.55 Å². The van der Waals surface area contributed by atoms with Crippen molar-refractivity contribution in [3.8, 4) is 0 Å². The number of methoxy groups -OCH3 is 1. The van der Waals surface area contributed by atoms with Crippen LogP contribution >= 0.6 is 11.6 Å². The number of hydrogen-bond donors (Lipinski definition) is 0. The van der Waals surface area contributed by atoms with Crippen LogP contribution in [0.4, 0.5) is 5.69 Å². The number of para-hydroxylation sites is 2. The molecule has 0 unspecified atom stereocenters. The number of anilines is 1. The van der Waals surface area contributed by atoms with Gasteiger partial charge in [-0.25, -0.2) is 4.98 Å². The van der Waals surface area contributed by atoms with Gasteiger partial charge >= 0.3 is 0 Å². The average molecular weight is 384 g/mol. The number of halogens is 1. The van der Waals surface area contributed by atoms with E-state index in [0.29, 0.717) is 13.0 Å². The van der Waals surface area contributed by atoms with E-state index in [1.54, 1.807) is 7.11 Å². The second-order valence-corrected chi connectivity index (χ2v) is 7.21. The van der Waals surface area contributed by atoms with E-state index >= 15 is 0 Å². The molecule has 27 heavy (non-hydrogen) atoms. The summed E-state index contributed by atoms with van der Waals surface area (Å²) >= 11 is 6.06. The van der Waals surface area contributed by atoms with Crippen LogP contribution in [0.25, 0.3) is 11.0 Å². The first-order valence-corrected chi connectivity index (χ1v) is 9.57. The van der Waals surface area contributed by atoms with Gasteiger partial charge in [-0.2, -0.15) is 0 Å². The fourth-order valence-corrected chi connectivity index (χ4v) is 3.96. The molecule has 140 valence electrons. The largest absolute Gasteiger partial charge is 0.377 e. The number of carbonyl (C=O) groups is 1. The summed E-state index contributed by atoms with van der Waals surface area (Å²) in [7, 11) is 1.67. The molecule has 0 radical (unpaired) electrons. The topological polar surface area (TPSA) is 47.4 Å². The first-order valence-electron chi connectivity index (χ1n) is 9.19. The van der Waals surface area contributed by atoms with Gasteiger partial charge in [0.25, 0.3) is 0 Å². The van der Waals surface area contributed by atoms with Crippen LogP contribution < -0.4 is 4.90 Å². The van der Waals surface area contributed by atoms with Crippen molar-refractivity contribution in [2.45, 2.75) is 32.4 Å². The summed E-state index contributed by atoms with van der Waals surface area (Å²) in [5.41, 5.74) is 4.19. The van der Waals surface area contributed by atoms with E-state index in [0.717, 1.165) is 59.1 Å². The van der Waals surface area contributed by atoms with Crippen LogP contribution in [0, 0.1) is 0 Å². The zero-order valence-corrected chi connectivity index (χ0v) is 16.1. The number of ether oxygens (including phenoxy) is 1. The van der Waals surface area contributed by atoms with Gasteiger partial charge in [-0.05, 0) is 48.7 Å². The van der Waals surface area contributed by atoms with Gasteiger partial charge in [-0.1, -0.05) is 23.7 Å². The van der Waals surface area contributed by atoms with E-state index in [1.165, 1.54) is 0 Å². The highest BCUT2D eigenvalue weighted by molar-refractivity contribution is 6.30. The summed E-state index contributed by atoms with van der Waals surface area (Å²) in [6.07, 6.45) is 2.13. The lowest BCUT2D eigenvalue weighted by molar-refractivity contribution is -0.118. The van der Waals surface area contributed by atoms with Gasteiger partial charge in [-0.3, -0.25) is 4.79 Å². The predicted molar refractivity (Wildman–Crippen MR) is 107 cm³/mol. The molecule has 3 aromatic rings. The Bertz CT molecular complexity index is 983. The van der Waals surface area contributed by atoms with Gasteiger partial charge in [0.15, 0.2) is 0 Å². The van der Waals surface area contributed by atoms with Gasteiger partial charge in [0.1, 0.15) is 12.4 Å². The maximum absolute atomic E-state index is 12.7. The summed E-state index contributed by atoms with van der Waals surface area (Å²) in [5, 5.41) is 0.723. The monoisotopic (exact) mass is 383 g/mol. The molecular formula is C21H22ClN3O2. The van der Waals surface area contributed by atoms with E-state index in [2.05, 4.69) is 15.6 Å². The fourth-order valence-electron chi connectivity index (χ4n) is 3.77. The Hall–Kier alpha value is -2.37. The molecule has 0 fully saturated rings. The van der Waals surface area contributed by atoms with Crippen molar-refractivity contribution in [2.75, 3.05) is 18.6 Å². The Balaban J connectivity index is 1.44. The molecule has 1 aliphatic rings.